The van der Waals surface area contributed by atoms with Crippen molar-refractivity contribution in [3.8, 4) is 0 Å². The van der Waals surface area contributed by atoms with Gasteiger partial charge in [0.05, 0.1) is 12.6 Å². The highest BCUT2D eigenvalue weighted by Gasteiger charge is 2.31. The average molecular weight is 323 g/mol. The minimum atomic E-state index is -0.298. The first-order valence-electron chi connectivity index (χ1n) is 8.35. The Bertz CT molecular complexity index is 499. The van der Waals surface area contributed by atoms with Gasteiger partial charge in [-0.25, -0.2) is 9.78 Å². The molecular weight excluding hydrogens is 298 g/mol. The fourth-order valence-corrected chi connectivity index (χ4v) is 4.42. The molecule has 0 aliphatic carbocycles. The van der Waals surface area contributed by atoms with Gasteiger partial charge in [-0.15, -0.1) is 11.3 Å². The maximum atomic E-state index is 11.8. The lowest BCUT2D eigenvalue weighted by Gasteiger charge is -2.30. The van der Waals surface area contributed by atoms with Crippen molar-refractivity contribution in [2.45, 2.75) is 38.6 Å². The lowest BCUT2D eigenvalue weighted by molar-refractivity contribution is 0.0520. The zero-order valence-corrected chi connectivity index (χ0v) is 14.0. The van der Waals surface area contributed by atoms with E-state index in [0.717, 1.165) is 37.0 Å². The Morgan fingerprint density at radius 3 is 3.05 bits per heavy atom. The Balaban J connectivity index is 1.63. The second kappa shape index (κ2) is 7.53. The third-order valence-electron chi connectivity index (χ3n) is 4.61. The maximum Gasteiger partial charge on any atom is 0.357 e. The van der Waals surface area contributed by atoms with Gasteiger partial charge < -0.3 is 10.1 Å². The van der Waals surface area contributed by atoms with Gasteiger partial charge in [-0.2, -0.15) is 0 Å². The summed E-state index contributed by atoms with van der Waals surface area (Å²) >= 11 is 1.60. The van der Waals surface area contributed by atoms with E-state index in [2.05, 4.69) is 15.2 Å². The van der Waals surface area contributed by atoms with Gasteiger partial charge in [-0.3, -0.25) is 4.90 Å². The zero-order valence-electron chi connectivity index (χ0n) is 13.2. The molecular formula is C16H25N3O2S. The lowest BCUT2D eigenvalue weighted by Crippen LogP contribution is -2.36. The molecule has 0 bridgehead atoms. The minimum Gasteiger partial charge on any atom is -0.461 e. The lowest BCUT2D eigenvalue weighted by atomic mass is 9.97. The number of thiazole rings is 1. The molecule has 0 spiro atoms. The second-order valence-corrected chi connectivity index (χ2v) is 7.03. The number of nitrogens with zero attached hydrogens (tertiary/aromatic N) is 2. The summed E-state index contributed by atoms with van der Waals surface area (Å²) in [5.74, 6) is 0.499. The van der Waals surface area contributed by atoms with Crippen molar-refractivity contribution in [1.82, 2.24) is 15.2 Å². The van der Waals surface area contributed by atoms with Crippen LogP contribution in [0.1, 0.15) is 54.1 Å². The monoisotopic (exact) mass is 323 g/mol. The van der Waals surface area contributed by atoms with E-state index in [1.807, 2.05) is 12.3 Å². The van der Waals surface area contributed by atoms with E-state index in [4.69, 9.17) is 4.74 Å². The molecule has 0 amide bonds. The molecule has 0 aromatic carbocycles. The molecule has 1 unspecified atom stereocenters. The van der Waals surface area contributed by atoms with Crippen LogP contribution in [0.5, 0.6) is 0 Å². The van der Waals surface area contributed by atoms with Crippen molar-refractivity contribution < 1.29 is 9.53 Å². The van der Waals surface area contributed by atoms with E-state index >= 15 is 0 Å². The molecule has 2 saturated heterocycles. The quantitative estimate of drug-likeness (QED) is 0.844. The van der Waals surface area contributed by atoms with Crippen LogP contribution in [0.2, 0.25) is 0 Å². The van der Waals surface area contributed by atoms with Crippen LogP contribution in [0.3, 0.4) is 0 Å². The summed E-state index contributed by atoms with van der Waals surface area (Å²) in [7, 11) is 0. The summed E-state index contributed by atoms with van der Waals surface area (Å²) in [5.41, 5.74) is 0.468. The highest BCUT2D eigenvalue weighted by molar-refractivity contribution is 7.09. The van der Waals surface area contributed by atoms with Crippen molar-refractivity contribution in [3.63, 3.8) is 0 Å². The molecule has 3 rings (SSSR count). The Morgan fingerprint density at radius 2 is 2.27 bits per heavy atom. The standard InChI is InChI=1S/C16H25N3O2S/c1-2-21-16(20)13-11-22-15(18-13)14-4-3-9-19(14)10-12-5-7-17-8-6-12/h11-12,14,17H,2-10H2,1H3. The first kappa shape index (κ1) is 15.9. The highest BCUT2D eigenvalue weighted by atomic mass is 32.1. The number of rotatable bonds is 5. The molecule has 0 saturated carbocycles. The maximum absolute atomic E-state index is 11.8. The largest absolute Gasteiger partial charge is 0.461 e. The first-order valence-corrected chi connectivity index (χ1v) is 9.23. The smallest absolute Gasteiger partial charge is 0.357 e. The third-order valence-corrected chi connectivity index (χ3v) is 5.55. The van der Waals surface area contributed by atoms with Gasteiger partial charge in [0.1, 0.15) is 5.01 Å². The van der Waals surface area contributed by atoms with Gasteiger partial charge in [0.25, 0.3) is 0 Å². The number of carbonyl (C=O) groups is 1. The second-order valence-electron chi connectivity index (χ2n) is 6.14. The number of piperidine rings is 1. The summed E-state index contributed by atoms with van der Waals surface area (Å²) in [6.07, 6.45) is 4.93. The van der Waals surface area contributed by atoms with E-state index in [9.17, 15) is 4.79 Å². The third kappa shape index (κ3) is 3.67. The van der Waals surface area contributed by atoms with Crippen LogP contribution in [0.15, 0.2) is 5.38 Å². The van der Waals surface area contributed by atoms with Crippen molar-refractivity contribution in [2.75, 3.05) is 32.8 Å². The molecule has 122 valence electrons. The Morgan fingerprint density at radius 1 is 1.45 bits per heavy atom. The number of ether oxygens (including phenoxy) is 1. The number of likely N-dealkylation sites (tertiary alicyclic amines) is 1. The van der Waals surface area contributed by atoms with Crippen LogP contribution in [0.25, 0.3) is 0 Å². The summed E-state index contributed by atoms with van der Waals surface area (Å²) < 4.78 is 5.04. The first-order chi connectivity index (χ1) is 10.8. The molecule has 2 aliphatic heterocycles. The van der Waals surface area contributed by atoms with E-state index < -0.39 is 0 Å². The number of hydrogen-bond donors (Lipinski definition) is 1. The molecule has 2 aliphatic rings. The van der Waals surface area contributed by atoms with Gasteiger partial charge in [-0.1, -0.05) is 0 Å². The number of carbonyl (C=O) groups excluding carboxylic acids is 1. The fraction of sp³-hybridized carbons (Fsp3) is 0.750. The topological polar surface area (TPSA) is 54.5 Å². The highest BCUT2D eigenvalue weighted by Crippen LogP contribution is 2.35. The molecule has 2 fully saturated rings. The van der Waals surface area contributed by atoms with Crippen LogP contribution in [-0.2, 0) is 4.74 Å². The van der Waals surface area contributed by atoms with Crippen LogP contribution in [0, 0.1) is 5.92 Å². The number of hydrogen-bond acceptors (Lipinski definition) is 6. The van der Waals surface area contributed by atoms with Crippen molar-refractivity contribution in [2.24, 2.45) is 5.92 Å². The Labute approximate surface area is 136 Å². The van der Waals surface area contributed by atoms with Gasteiger partial charge in [0.15, 0.2) is 5.69 Å². The summed E-state index contributed by atoms with van der Waals surface area (Å²) in [5, 5.41) is 6.35. The van der Waals surface area contributed by atoms with Gasteiger partial charge in [0, 0.05) is 11.9 Å². The molecule has 3 heterocycles. The SMILES string of the molecule is CCOC(=O)c1csc(C2CCCN2CC2CCNCC2)n1. The summed E-state index contributed by atoms with van der Waals surface area (Å²) in [6, 6.07) is 0.392. The van der Waals surface area contributed by atoms with Crippen LogP contribution in [0.4, 0.5) is 0 Å². The average Bonchev–Trinajstić information content (AvgIpc) is 3.17. The van der Waals surface area contributed by atoms with Crippen molar-refractivity contribution in [1.29, 1.82) is 0 Å². The predicted octanol–water partition coefficient (Wildman–Crippen LogP) is 2.46. The number of esters is 1. The van der Waals surface area contributed by atoms with Gasteiger partial charge in [-0.05, 0) is 58.2 Å². The molecule has 6 heteroatoms. The molecule has 1 aromatic heterocycles. The minimum absolute atomic E-state index is 0.298. The molecule has 0 radical (unpaired) electrons. The van der Waals surface area contributed by atoms with E-state index in [0.29, 0.717) is 18.3 Å². The fourth-order valence-electron chi connectivity index (χ4n) is 3.46. The number of aromatic nitrogens is 1. The van der Waals surface area contributed by atoms with Crippen molar-refractivity contribution >= 4 is 17.3 Å². The predicted molar refractivity (Wildman–Crippen MR) is 87.2 cm³/mol. The summed E-state index contributed by atoms with van der Waals surface area (Å²) in [6.45, 7) is 6.84. The van der Waals surface area contributed by atoms with Crippen LogP contribution >= 0.6 is 11.3 Å². The summed E-state index contributed by atoms with van der Waals surface area (Å²) in [4.78, 5) is 18.9. The zero-order chi connectivity index (χ0) is 15.4. The molecule has 5 nitrogen and oxygen atoms in total. The molecule has 1 N–H and O–H groups in total. The van der Waals surface area contributed by atoms with Crippen molar-refractivity contribution in [3.05, 3.63) is 16.1 Å². The normalized spacial score (nSPS) is 23.8. The number of nitrogens with one attached hydrogen (secondary N) is 1. The Hall–Kier alpha value is -0.980. The van der Waals surface area contributed by atoms with E-state index in [-0.39, 0.29) is 5.97 Å². The van der Waals surface area contributed by atoms with E-state index in [1.54, 1.807) is 11.3 Å². The Kier molecular flexibility index (Phi) is 5.44. The molecule has 1 aromatic rings. The molecule has 1 atom stereocenters. The van der Waals surface area contributed by atoms with Crippen LogP contribution in [-0.4, -0.2) is 48.6 Å². The molecule has 22 heavy (non-hydrogen) atoms. The van der Waals surface area contributed by atoms with Gasteiger partial charge >= 0.3 is 5.97 Å². The van der Waals surface area contributed by atoms with Crippen LogP contribution < -0.4 is 5.32 Å². The van der Waals surface area contributed by atoms with Gasteiger partial charge in [0.2, 0.25) is 0 Å². The van der Waals surface area contributed by atoms with E-state index in [1.165, 1.54) is 25.8 Å².